The Kier molecular flexibility index (Phi) is 4.73. The molecule has 1 atom stereocenters. The fourth-order valence-corrected chi connectivity index (χ4v) is 2.77. The number of aromatic nitrogens is 1. The van der Waals surface area contributed by atoms with Crippen molar-refractivity contribution in [3.8, 4) is 0 Å². The molecular weight excluding hydrogens is 342 g/mol. The van der Waals surface area contributed by atoms with Gasteiger partial charge in [0.05, 0.1) is 9.40 Å². The zero-order chi connectivity index (χ0) is 15.6. The maximum absolute atomic E-state index is 12.3. The summed E-state index contributed by atoms with van der Waals surface area (Å²) < 4.78 is 0.509. The first-order chi connectivity index (χ1) is 9.91. The lowest BCUT2D eigenvalue weighted by Crippen LogP contribution is -2.58. The van der Waals surface area contributed by atoms with Gasteiger partial charge < -0.3 is 15.1 Å². The fourth-order valence-electron chi connectivity index (χ4n) is 2.21. The highest BCUT2D eigenvalue weighted by Gasteiger charge is 2.32. The summed E-state index contributed by atoms with van der Waals surface area (Å²) in [6.07, 6.45) is 1.21. The molecule has 0 bridgehead atoms. The van der Waals surface area contributed by atoms with Crippen molar-refractivity contribution in [2.75, 3.05) is 38.6 Å². The minimum absolute atomic E-state index is 0.0331. The Bertz CT molecular complexity index is 566. The van der Waals surface area contributed by atoms with Crippen LogP contribution < -0.4 is 10.2 Å². The molecule has 1 N–H and O–H groups in total. The molecule has 1 fully saturated rings. The highest BCUT2D eigenvalue weighted by Crippen LogP contribution is 2.29. The Morgan fingerprint density at radius 2 is 2.33 bits per heavy atom. The van der Waals surface area contributed by atoms with Gasteiger partial charge in [0.2, 0.25) is 5.91 Å². The molecule has 21 heavy (non-hydrogen) atoms. The Balaban J connectivity index is 2.33. The standard InChI is InChI=1S/C12H16BrN5O3/c1-16(2)12(19)10-7-14-3-4-17(10)11-9(13)5-8(6-15-11)18(20)21/h5-6,10,14H,3-4,7H2,1-2H3. The molecular formula is C12H16BrN5O3. The molecule has 8 nitrogen and oxygen atoms in total. The second-order valence-corrected chi connectivity index (χ2v) is 5.76. The number of nitro groups is 1. The van der Waals surface area contributed by atoms with E-state index in [1.807, 2.05) is 4.90 Å². The quantitative estimate of drug-likeness (QED) is 0.629. The van der Waals surface area contributed by atoms with E-state index in [1.165, 1.54) is 17.2 Å². The van der Waals surface area contributed by atoms with Crippen molar-refractivity contribution in [1.29, 1.82) is 0 Å². The van der Waals surface area contributed by atoms with Gasteiger partial charge in [-0.05, 0) is 15.9 Å². The maximum atomic E-state index is 12.3. The molecule has 1 aliphatic heterocycles. The highest BCUT2D eigenvalue weighted by atomic mass is 79.9. The number of carbonyl (C=O) groups is 1. The van der Waals surface area contributed by atoms with Crippen LogP contribution in [0.1, 0.15) is 0 Å². The van der Waals surface area contributed by atoms with Crippen molar-refractivity contribution in [2.24, 2.45) is 0 Å². The lowest BCUT2D eigenvalue weighted by atomic mass is 10.1. The van der Waals surface area contributed by atoms with E-state index in [-0.39, 0.29) is 17.6 Å². The van der Waals surface area contributed by atoms with E-state index in [0.717, 1.165) is 6.54 Å². The number of nitrogens with one attached hydrogen (secondary N) is 1. The lowest BCUT2D eigenvalue weighted by Gasteiger charge is -2.37. The Morgan fingerprint density at radius 3 is 2.90 bits per heavy atom. The smallest absolute Gasteiger partial charge is 0.288 e. The number of halogens is 1. The first-order valence-electron chi connectivity index (χ1n) is 6.40. The van der Waals surface area contributed by atoms with Gasteiger partial charge in [0.25, 0.3) is 5.69 Å². The normalized spacial score (nSPS) is 18.4. The second kappa shape index (κ2) is 6.35. The first-order valence-corrected chi connectivity index (χ1v) is 7.19. The van der Waals surface area contributed by atoms with Crippen molar-refractivity contribution in [2.45, 2.75) is 6.04 Å². The number of piperazine rings is 1. The summed E-state index contributed by atoms with van der Waals surface area (Å²) in [5, 5.41) is 13.9. The molecule has 2 heterocycles. The number of carbonyl (C=O) groups excluding carboxylic acids is 1. The van der Waals surface area contributed by atoms with Gasteiger partial charge in [-0.2, -0.15) is 0 Å². The number of amides is 1. The number of likely N-dealkylation sites (N-methyl/N-ethyl adjacent to an activating group) is 1. The van der Waals surface area contributed by atoms with Crippen LogP contribution in [-0.2, 0) is 4.79 Å². The highest BCUT2D eigenvalue weighted by molar-refractivity contribution is 9.10. The summed E-state index contributed by atoms with van der Waals surface area (Å²) >= 11 is 3.31. The molecule has 1 amide bonds. The molecule has 114 valence electrons. The van der Waals surface area contributed by atoms with E-state index in [4.69, 9.17) is 0 Å². The minimum Gasteiger partial charge on any atom is -0.347 e. The maximum Gasteiger partial charge on any atom is 0.288 e. The van der Waals surface area contributed by atoms with Gasteiger partial charge in [-0.25, -0.2) is 4.98 Å². The van der Waals surface area contributed by atoms with Crippen LogP contribution in [0, 0.1) is 10.1 Å². The predicted octanol–water partition coefficient (Wildman–Crippen LogP) is 0.619. The third-order valence-corrected chi connectivity index (χ3v) is 3.84. The molecule has 1 unspecified atom stereocenters. The number of nitrogens with zero attached hydrogens (tertiary/aromatic N) is 4. The summed E-state index contributed by atoms with van der Waals surface area (Å²) in [6, 6.07) is 1.03. The average molecular weight is 358 g/mol. The Morgan fingerprint density at radius 1 is 1.62 bits per heavy atom. The van der Waals surface area contributed by atoms with E-state index < -0.39 is 4.92 Å². The van der Waals surface area contributed by atoms with Gasteiger partial charge in [0.1, 0.15) is 18.1 Å². The van der Waals surface area contributed by atoms with E-state index >= 15 is 0 Å². The van der Waals surface area contributed by atoms with Gasteiger partial charge in [-0.3, -0.25) is 14.9 Å². The number of hydrogen-bond acceptors (Lipinski definition) is 6. The van der Waals surface area contributed by atoms with Gasteiger partial charge in [0.15, 0.2) is 0 Å². The molecule has 0 aliphatic carbocycles. The summed E-state index contributed by atoms with van der Waals surface area (Å²) in [7, 11) is 3.40. The minimum atomic E-state index is -0.498. The molecule has 1 saturated heterocycles. The van der Waals surface area contributed by atoms with Gasteiger partial charge in [-0.1, -0.05) is 0 Å². The molecule has 1 aromatic rings. The molecule has 9 heteroatoms. The van der Waals surface area contributed by atoms with Crippen molar-refractivity contribution in [3.63, 3.8) is 0 Å². The van der Waals surface area contributed by atoms with E-state index in [9.17, 15) is 14.9 Å². The van der Waals surface area contributed by atoms with Gasteiger partial charge in [-0.15, -0.1) is 0 Å². The summed E-state index contributed by atoms with van der Waals surface area (Å²) in [5.41, 5.74) is -0.0868. The van der Waals surface area contributed by atoms with E-state index in [0.29, 0.717) is 23.4 Å². The second-order valence-electron chi connectivity index (χ2n) is 4.90. The Hall–Kier alpha value is -1.74. The van der Waals surface area contributed by atoms with E-state index in [1.54, 1.807) is 14.1 Å². The SMILES string of the molecule is CN(C)C(=O)C1CNCCN1c1ncc([N+](=O)[O-])cc1Br. The number of pyridine rings is 1. The van der Waals surface area contributed by atoms with Crippen LogP contribution in [0.2, 0.25) is 0 Å². The average Bonchev–Trinajstić information content (AvgIpc) is 2.46. The molecule has 1 aromatic heterocycles. The van der Waals surface area contributed by atoms with Crippen molar-refractivity contribution >= 4 is 33.3 Å². The van der Waals surface area contributed by atoms with Crippen LogP contribution in [0.15, 0.2) is 16.7 Å². The molecule has 2 rings (SSSR count). The zero-order valence-corrected chi connectivity index (χ0v) is 13.3. The van der Waals surface area contributed by atoms with E-state index in [2.05, 4.69) is 26.2 Å². The number of anilines is 1. The third kappa shape index (κ3) is 3.30. The van der Waals surface area contributed by atoms with Crippen LogP contribution in [0.3, 0.4) is 0 Å². The predicted molar refractivity (Wildman–Crippen MR) is 81.3 cm³/mol. The van der Waals surface area contributed by atoms with Gasteiger partial charge in [0, 0.05) is 39.8 Å². The Labute approximate surface area is 130 Å². The molecule has 0 aromatic carbocycles. The van der Waals surface area contributed by atoms with Crippen LogP contribution in [-0.4, -0.2) is 60.5 Å². The van der Waals surface area contributed by atoms with Crippen LogP contribution in [0.25, 0.3) is 0 Å². The first kappa shape index (κ1) is 15.6. The van der Waals surface area contributed by atoms with Crippen LogP contribution >= 0.6 is 15.9 Å². The van der Waals surface area contributed by atoms with Crippen LogP contribution in [0.5, 0.6) is 0 Å². The molecule has 0 radical (unpaired) electrons. The van der Waals surface area contributed by atoms with Crippen molar-refractivity contribution in [1.82, 2.24) is 15.2 Å². The summed E-state index contributed by atoms with van der Waals surface area (Å²) in [4.78, 5) is 30.1. The number of hydrogen-bond donors (Lipinski definition) is 1. The third-order valence-electron chi connectivity index (χ3n) is 3.26. The molecule has 0 saturated carbocycles. The number of rotatable bonds is 3. The summed E-state index contributed by atoms with van der Waals surface area (Å²) in [5.74, 6) is 0.511. The topological polar surface area (TPSA) is 91.6 Å². The van der Waals surface area contributed by atoms with Crippen molar-refractivity contribution < 1.29 is 9.72 Å². The van der Waals surface area contributed by atoms with Gasteiger partial charge >= 0.3 is 0 Å². The van der Waals surface area contributed by atoms with Crippen molar-refractivity contribution in [3.05, 3.63) is 26.9 Å². The summed E-state index contributed by atoms with van der Waals surface area (Å²) in [6.45, 7) is 1.85. The molecule has 0 spiro atoms. The van der Waals surface area contributed by atoms with Crippen LogP contribution in [0.4, 0.5) is 11.5 Å². The molecule has 1 aliphatic rings. The largest absolute Gasteiger partial charge is 0.347 e. The zero-order valence-electron chi connectivity index (χ0n) is 11.7. The lowest BCUT2D eigenvalue weighted by molar-refractivity contribution is -0.385. The fraction of sp³-hybridized carbons (Fsp3) is 0.500. The monoisotopic (exact) mass is 357 g/mol.